The van der Waals surface area contributed by atoms with Crippen molar-refractivity contribution in [3.63, 3.8) is 0 Å². The standard InChI is InChI=1S/C16H13ClFN3OS/c17-12-6-2-1-5-11(12)10-23-16-19-15(20-21-16)9-22-14-8-4-3-7-13(14)18/h1-8H,9-10H2,(H,19,20,21). The monoisotopic (exact) mass is 349 g/mol. The molecule has 2 aromatic carbocycles. The SMILES string of the molecule is Fc1ccccc1OCc1nc(SCc2ccccc2Cl)n[nH]1. The number of benzene rings is 2. The lowest BCUT2D eigenvalue weighted by Crippen LogP contribution is -1.99. The van der Waals surface area contributed by atoms with Gasteiger partial charge in [-0.25, -0.2) is 9.37 Å². The van der Waals surface area contributed by atoms with Crippen molar-refractivity contribution in [3.8, 4) is 5.75 Å². The van der Waals surface area contributed by atoms with E-state index < -0.39 is 5.82 Å². The summed E-state index contributed by atoms with van der Waals surface area (Å²) in [6.07, 6.45) is 0. The Morgan fingerprint density at radius 2 is 1.91 bits per heavy atom. The Hall–Kier alpha value is -2.05. The summed E-state index contributed by atoms with van der Waals surface area (Å²) >= 11 is 7.58. The van der Waals surface area contributed by atoms with Crippen molar-refractivity contribution in [2.24, 2.45) is 0 Å². The number of hydrogen-bond acceptors (Lipinski definition) is 4. The van der Waals surface area contributed by atoms with Crippen LogP contribution >= 0.6 is 23.4 Å². The van der Waals surface area contributed by atoms with Crippen LogP contribution in [0.1, 0.15) is 11.4 Å². The number of para-hydroxylation sites is 1. The number of aromatic nitrogens is 3. The minimum absolute atomic E-state index is 0.126. The Kier molecular flexibility index (Phi) is 5.15. The first kappa shape index (κ1) is 15.8. The van der Waals surface area contributed by atoms with Crippen molar-refractivity contribution >= 4 is 23.4 Å². The maximum atomic E-state index is 13.5. The molecule has 0 fully saturated rings. The highest BCUT2D eigenvalue weighted by Crippen LogP contribution is 2.24. The minimum Gasteiger partial charge on any atom is -0.483 e. The molecule has 1 heterocycles. The third kappa shape index (κ3) is 4.24. The van der Waals surface area contributed by atoms with Crippen LogP contribution in [-0.2, 0) is 12.4 Å². The second-order valence-electron chi connectivity index (χ2n) is 4.66. The van der Waals surface area contributed by atoms with Crippen molar-refractivity contribution in [2.45, 2.75) is 17.5 Å². The van der Waals surface area contributed by atoms with E-state index in [9.17, 15) is 4.39 Å². The fourth-order valence-corrected chi connectivity index (χ4v) is 2.98. The van der Waals surface area contributed by atoms with Crippen LogP contribution in [0, 0.1) is 5.82 Å². The van der Waals surface area contributed by atoms with Gasteiger partial charge in [0.2, 0.25) is 5.16 Å². The molecule has 0 atom stereocenters. The molecule has 23 heavy (non-hydrogen) atoms. The van der Waals surface area contributed by atoms with Crippen molar-refractivity contribution in [1.82, 2.24) is 15.2 Å². The predicted molar refractivity (Wildman–Crippen MR) is 88.1 cm³/mol. The van der Waals surface area contributed by atoms with E-state index in [1.54, 1.807) is 18.2 Å². The second-order valence-corrected chi connectivity index (χ2v) is 6.01. The van der Waals surface area contributed by atoms with Gasteiger partial charge in [0.1, 0.15) is 6.61 Å². The molecule has 3 aromatic rings. The van der Waals surface area contributed by atoms with E-state index in [0.29, 0.717) is 16.7 Å². The van der Waals surface area contributed by atoms with Gasteiger partial charge in [-0.1, -0.05) is 53.7 Å². The zero-order valence-corrected chi connectivity index (χ0v) is 13.6. The molecule has 7 heteroatoms. The average Bonchev–Trinajstić information content (AvgIpc) is 3.01. The Morgan fingerprint density at radius 3 is 2.74 bits per heavy atom. The molecule has 0 saturated heterocycles. The quantitative estimate of drug-likeness (QED) is 0.667. The van der Waals surface area contributed by atoms with Crippen molar-refractivity contribution in [2.75, 3.05) is 0 Å². The van der Waals surface area contributed by atoms with Crippen LogP contribution in [0.4, 0.5) is 4.39 Å². The maximum Gasteiger partial charge on any atom is 0.208 e. The van der Waals surface area contributed by atoms with E-state index >= 15 is 0 Å². The smallest absolute Gasteiger partial charge is 0.208 e. The van der Waals surface area contributed by atoms with Crippen LogP contribution in [0.5, 0.6) is 5.75 Å². The molecule has 0 saturated carbocycles. The summed E-state index contributed by atoms with van der Waals surface area (Å²) in [6.45, 7) is 0.126. The van der Waals surface area contributed by atoms with Crippen molar-refractivity contribution in [3.05, 3.63) is 70.8 Å². The topological polar surface area (TPSA) is 50.8 Å². The molecule has 0 spiro atoms. The summed E-state index contributed by atoms with van der Waals surface area (Å²) in [6, 6.07) is 13.9. The van der Waals surface area contributed by atoms with Gasteiger partial charge in [0.05, 0.1) is 0 Å². The lowest BCUT2D eigenvalue weighted by atomic mass is 10.2. The number of halogens is 2. The van der Waals surface area contributed by atoms with E-state index in [-0.39, 0.29) is 12.4 Å². The molecule has 0 aliphatic rings. The lowest BCUT2D eigenvalue weighted by molar-refractivity contribution is 0.281. The van der Waals surface area contributed by atoms with E-state index in [2.05, 4.69) is 15.2 Å². The third-order valence-electron chi connectivity index (χ3n) is 3.03. The zero-order valence-electron chi connectivity index (χ0n) is 12.0. The summed E-state index contributed by atoms with van der Waals surface area (Å²) in [4.78, 5) is 4.31. The van der Waals surface area contributed by atoms with Crippen LogP contribution < -0.4 is 4.74 Å². The normalized spacial score (nSPS) is 10.7. The van der Waals surface area contributed by atoms with E-state index in [4.69, 9.17) is 16.3 Å². The van der Waals surface area contributed by atoms with Crippen LogP contribution in [0.15, 0.2) is 53.7 Å². The molecule has 0 aliphatic carbocycles. The number of rotatable bonds is 6. The molecule has 1 N–H and O–H groups in total. The molecular weight excluding hydrogens is 337 g/mol. The first-order valence-corrected chi connectivity index (χ1v) is 8.23. The minimum atomic E-state index is -0.402. The molecule has 118 valence electrons. The number of ether oxygens (including phenoxy) is 1. The number of thioether (sulfide) groups is 1. The van der Waals surface area contributed by atoms with Gasteiger partial charge in [-0.05, 0) is 23.8 Å². The Morgan fingerprint density at radius 1 is 1.13 bits per heavy atom. The van der Waals surface area contributed by atoms with E-state index in [1.165, 1.54) is 17.8 Å². The highest BCUT2D eigenvalue weighted by Gasteiger charge is 2.08. The Bertz CT molecular complexity index is 732. The van der Waals surface area contributed by atoms with Gasteiger partial charge in [-0.3, -0.25) is 5.10 Å². The fourth-order valence-electron chi connectivity index (χ4n) is 1.87. The van der Waals surface area contributed by atoms with Gasteiger partial charge in [0, 0.05) is 10.8 Å². The number of hydrogen-bond donors (Lipinski definition) is 1. The molecule has 0 amide bonds. The molecule has 3 rings (SSSR count). The average molecular weight is 350 g/mol. The van der Waals surface area contributed by atoms with Crippen LogP contribution in [-0.4, -0.2) is 15.2 Å². The number of nitrogens with zero attached hydrogens (tertiary/aromatic N) is 2. The van der Waals surface area contributed by atoms with Crippen LogP contribution in [0.3, 0.4) is 0 Å². The molecule has 1 aromatic heterocycles. The summed E-state index contributed by atoms with van der Waals surface area (Å²) < 4.78 is 18.8. The molecule has 0 radical (unpaired) electrons. The lowest BCUT2D eigenvalue weighted by Gasteiger charge is -2.04. The molecule has 0 bridgehead atoms. The van der Waals surface area contributed by atoms with Crippen LogP contribution in [0.2, 0.25) is 5.02 Å². The largest absolute Gasteiger partial charge is 0.483 e. The first-order chi connectivity index (χ1) is 11.2. The first-order valence-electron chi connectivity index (χ1n) is 6.87. The van der Waals surface area contributed by atoms with Gasteiger partial charge in [0.25, 0.3) is 0 Å². The van der Waals surface area contributed by atoms with Gasteiger partial charge in [-0.2, -0.15) is 0 Å². The molecule has 4 nitrogen and oxygen atoms in total. The number of aromatic amines is 1. The van der Waals surface area contributed by atoms with Gasteiger partial charge >= 0.3 is 0 Å². The highest BCUT2D eigenvalue weighted by atomic mass is 35.5. The number of nitrogens with one attached hydrogen (secondary N) is 1. The maximum absolute atomic E-state index is 13.5. The summed E-state index contributed by atoms with van der Waals surface area (Å²) in [7, 11) is 0. The second kappa shape index (κ2) is 7.48. The zero-order chi connectivity index (χ0) is 16.1. The summed E-state index contributed by atoms with van der Waals surface area (Å²) in [5, 5.41) is 8.21. The molecule has 0 aliphatic heterocycles. The van der Waals surface area contributed by atoms with Crippen molar-refractivity contribution < 1.29 is 9.13 Å². The van der Waals surface area contributed by atoms with Crippen molar-refractivity contribution in [1.29, 1.82) is 0 Å². The summed E-state index contributed by atoms with van der Waals surface area (Å²) in [5.74, 6) is 0.995. The molecular formula is C16H13ClFN3OS. The van der Waals surface area contributed by atoms with Gasteiger partial charge < -0.3 is 4.74 Å². The van der Waals surface area contributed by atoms with E-state index in [1.807, 2.05) is 24.3 Å². The third-order valence-corrected chi connectivity index (χ3v) is 4.29. The number of H-pyrrole nitrogens is 1. The van der Waals surface area contributed by atoms with Gasteiger partial charge in [-0.15, -0.1) is 5.10 Å². The van der Waals surface area contributed by atoms with E-state index in [0.717, 1.165) is 10.6 Å². The Labute approximate surface area is 142 Å². The van der Waals surface area contributed by atoms with Crippen LogP contribution in [0.25, 0.3) is 0 Å². The summed E-state index contributed by atoms with van der Waals surface area (Å²) in [5.41, 5.74) is 1.02. The van der Waals surface area contributed by atoms with Gasteiger partial charge in [0.15, 0.2) is 17.4 Å². The highest BCUT2D eigenvalue weighted by molar-refractivity contribution is 7.98. The fraction of sp³-hybridized carbons (Fsp3) is 0.125. The Balaban J connectivity index is 1.56. The molecule has 0 unspecified atom stereocenters. The predicted octanol–water partition coefficient (Wildman–Crippen LogP) is 4.47.